The Morgan fingerprint density at radius 1 is 1.18 bits per heavy atom. The van der Waals surface area contributed by atoms with Crippen molar-refractivity contribution in [2.45, 2.75) is 19.0 Å². The van der Waals surface area contributed by atoms with Gasteiger partial charge < -0.3 is 10.0 Å². The number of rotatable bonds is 3. The number of benzene rings is 1. The highest BCUT2D eigenvalue weighted by atomic mass is 32.1. The zero-order chi connectivity index (χ0) is 15.5. The second-order valence-corrected chi connectivity index (χ2v) is 6.12. The Morgan fingerprint density at radius 2 is 1.95 bits per heavy atom. The lowest BCUT2D eigenvalue weighted by Crippen LogP contribution is -2.48. The number of aliphatic carboxylic acids is 1. The van der Waals surface area contributed by atoms with Gasteiger partial charge in [0.1, 0.15) is 6.04 Å². The van der Waals surface area contributed by atoms with Crippen molar-refractivity contribution >= 4 is 29.3 Å². The molecule has 3 rings (SSSR count). The lowest BCUT2D eigenvalue weighted by Gasteiger charge is -2.33. The van der Waals surface area contributed by atoms with Gasteiger partial charge in [-0.1, -0.05) is 30.3 Å². The Morgan fingerprint density at radius 3 is 2.64 bits per heavy atom. The normalized spacial score (nSPS) is 17.5. The molecule has 1 aromatic heterocycles. The summed E-state index contributed by atoms with van der Waals surface area (Å²) in [7, 11) is 0. The number of hydrogen-bond donors (Lipinski definition) is 1. The topological polar surface area (TPSA) is 57.6 Å². The van der Waals surface area contributed by atoms with Gasteiger partial charge in [-0.15, -0.1) is 11.3 Å². The summed E-state index contributed by atoms with van der Waals surface area (Å²) in [6, 6.07) is 10.7. The number of carbonyl (C=O) groups excluding carboxylic acids is 1. The van der Waals surface area contributed by atoms with E-state index in [4.69, 9.17) is 0 Å². The first-order valence-electron chi connectivity index (χ1n) is 6.97. The Bertz CT molecular complexity index is 721. The summed E-state index contributed by atoms with van der Waals surface area (Å²) >= 11 is 1.53. The Kier molecular flexibility index (Phi) is 4.06. The molecule has 0 fully saturated rings. The molecule has 0 radical (unpaired) electrons. The lowest BCUT2D eigenvalue weighted by molar-refractivity contribution is -0.149. The van der Waals surface area contributed by atoms with Crippen LogP contribution < -0.4 is 0 Å². The third-order valence-electron chi connectivity index (χ3n) is 3.75. The average molecular weight is 313 g/mol. The van der Waals surface area contributed by atoms with Crippen molar-refractivity contribution in [3.63, 3.8) is 0 Å². The first-order valence-corrected chi connectivity index (χ1v) is 7.85. The fourth-order valence-corrected chi connectivity index (χ4v) is 3.23. The minimum Gasteiger partial charge on any atom is -0.480 e. The van der Waals surface area contributed by atoms with Crippen molar-refractivity contribution in [2.24, 2.45) is 0 Å². The number of nitrogens with zero attached hydrogens (tertiary/aromatic N) is 1. The predicted octanol–water partition coefficient (Wildman–Crippen LogP) is 2.80. The average Bonchev–Trinajstić information content (AvgIpc) is 3.04. The van der Waals surface area contributed by atoms with Crippen LogP contribution in [0.25, 0.3) is 6.08 Å². The quantitative estimate of drug-likeness (QED) is 0.887. The molecule has 1 unspecified atom stereocenters. The highest BCUT2D eigenvalue weighted by Crippen LogP contribution is 2.24. The molecule has 5 heteroatoms. The smallest absolute Gasteiger partial charge is 0.326 e. The molecular weight excluding hydrogens is 298 g/mol. The van der Waals surface area contributed by atoms with Gasteiger partial charge >= 0.3 is 5.97 Å². The van der Waals surface area contributed by atoms with E-state index in [1.54, 1.807) is 6.08 Å². The van der Waals surface area contributed by atoms with E-state index in [1.165, 1.54) is 22.3 Å². The number of hydrogen-bond acceptors (Lipinski definition) is 3. The van der Waals surface area contributed by atoms with Crippen LogP contribution in [0.4, 0.5) is 0 Å². The van der Waals surface area contributed by atoms with Crippen molar-refractivity contribution in [2.75, 3.05) is 0 Å². The largest absolute Gasteiger partial charge is 0.480 e. The summed E-state index contributed by atoms with van der Waals surface area (Å²) in [6.45, 7) is 0.334. The maximum Gasteiger partial charge on any atom is 0.326 e. The summed E-state index contributed by atoms with van der Waals surface area (Å²) in [5.41, 5.74) is 2.01. The molecule has 0 saturated heterocycles. The van der Waals surface area contributed by atoms with Crippen LogP contribution in [0.3, 0.4) is 0 Å². The number of thiophene rings is 1. The van der Waals surface area contributed by atoms with Gasteiger partial charge in [0, 0.05) is 23.9 Å². The third kappa shape index (κ3) is 2.94. The zero-order valence-corrected chi connectivity index (χ0v) is 12.6. The number of amides is 1. The molecule has 0 aliphatic carbocycles. The molecule has 1 amide bonds. The van der Waals surface area contributed by atoms with E-state index < -0.39 is 12.0 Å². The van der Waals surface area contributed by atoms with Gasteiger partial charge in [-0.05, 0) is 28.6 Å². The van der Waals surface area contributed by atoms with Gasteiger partial charge in [-0.2, -0.15) is 0 Å². The molecule has 1 N–H and O–H groups in total. The minimum absolute atomic E-state index is 0.268. The molecule has 2 heterocycles. The fourth-order valence-electron chi connectivity index (χ4n) is 2.61. The van der Waals surface area contributed by atoms with Gasteiger partial charge in [0.25, 0.3) is 0 Å². The summed E-state index contributed by atoms with van der Waals surface area (Å²) in [5, 5.41) is 11.4. The number of fused-ring (bicyclic) bond motifs is 1. The van der Waals surface area contributed by atoms with Crippen LogP contribution in [-0.2, 0) is 22.6 Å². The van der Waals surface area contributed by atoms with Crippen LogP contribution in [0.5, 0.6) is 0 Å². The predicted molar refractivity (Wildman–Crippen MR) is 85.5 cm³/mol. The fraction of sp³-hybridized carbons (Fsp3) is 0.176. The summed E-state index contributed by atoms with van der Waals surface area (Å²) in [6.07, 6.45) is 3.53. The molecule has 1 aromatic carbocycles. The van der Waals surface area contributed by atoms with Crippen molar-refractivity contribution in [3.05, 3.63) is 63.9 Å². The van der Waals surface area contributed by atoms with E-state index in [2.05, 4.69) is 0 Å². The standard InChI is InChI=1S/C17H15NO3S/c19-16(8-7-14-6-3-9-22-14)18-11-13-5-2-1-4-12(13)10-15(18)17(20)21/h1-9,15H,10-11H2,(H,20,21). The van der Waals surface area contributed by atoms with Crippen LogP contribution in [0, 0.1) is 0 Å². The van der Waals surface area contributed by atoms with Gasteiger partial charge in [0.05, 0.1) is 0 Å². The Labute approximate surface area is 132 Å². The highest BCUT2D eigenvalue weighted by Gasteiger charge is 2.33. The molecular formula is C17H15NO3S. The molecule has 1 aliphatic rings. The van der Waals surface area contributed by atoms with Crippen LogP contribution in [0.15, 0.2) is 47.9 Å². The molecule has 0 spiro atoms. The van der Waals surface area contributed by atoms with Crippen LogP contribution in [-0.4, -0.2) is 27.9 Å². The van der Waals surface area contributed by atoms with Crippen LogP contribution in [0.2, 0.25) is 0 Å². The number of carbonyl (C=O) groups is 2. The van der Waals surface area contributed by atoms with E-state index >= 15 is 0 Å². The lowest BCUT2D eigenvalue weighted by atomic mass is 9.94. The number of carboxylic acid groups (broad SMARTS) is 1. The molecule has 0 bridgehead atoms. The SMILES string of the molecule is O=C(O)C1Cc2ccccc2CN1C(=O)C=Cc1cccs1. The van der Waals surface area contributed by atoms with E-state index in [1.807, 2.05) is 41.8 Å². The first kappa shape index (κ1) is 14.5. The Hall–Kier alpha value is -2.40. The molecule has 2 aromatic rings. The molecule has 0 saturated carbocycles. The van der Waals surface area contributed by atoms with Crippen molar-refractivity contribution in [1.29, 1.82) is 0 Å². The van der Waals surface area contributed by atoms with E-state index in [9.17, 15) is 14.7 Å². The molecule has 1 atom stereocenters. The van der Waals surface area contributed by atoms with Crippen molar-refractivity contribution in [3.8, 4) is 0 Å². The summed E-state index contributed by atoms with van der Waals surface area (Å²) in [5.74, 6) is -1.23. The first-order chi connectivity index (χ1) is 10.6. The van der Waals surface area contributed by atoms with E-state index in [0.29, 0.717) is 13.0 Å². The molecule has 22 heavy (non-hydrogen) atoms. The second kappa shape index (κ2) is 6.15. The Balaban J connectivity index is 1.84. The van der Waals surface area contributed by atoms with E-state index in [0.717, 1.165) is 16.0 Å². The summed E-state index contributed by atoms with van der Waals surface area (Å²) < 4.78 is 0. The molecule has 1 aliphatic heterocycles. The molecule has 112 valence electrons. The van der Waals surface area contributed by atoms with E-state index in [-0.39, 0.29) is 5.91 Å². The third-order valence-corrected chi connectivity index (χ3v) is 4.59. The monoisotopic (exact) mass is 313 g/mol. The van der Waals surface area contributed by atoms with Gasteiger partial charge in [0.2, 0.25) is 5.91 Å². The van der Waals surface area contributed by atoms with Gasteiger partial charge in [0.15, 0.2) is 0 Å². The van der Waals surface area contributed by atoms with Crippen molar-refractivity contribution in [1.82, 2.24) is 4.90 Å². The molecule has 4 nitrogen and oxygen atoms in total. The van der Waals surface area contributed by atoms with Crippen molar-refractivity contribution < 1.29 is 14.7 Å². The van der Waals surface area contributed by atoms with Gasteiger partial charge in [-0.25, -0.2) is 4.79 Å². The van der Waals surface area contributed by atoms with Gasteiger partial charge in [-0.3, -0.25) is 4.79 Å². The minimum atomic E-state index is -0.965. The zero-order valence-electron chi connectivity index (χ0n) is 11.8. The maximum atomic E-state index is 12.4. The maximum absolute atomic E-state index is 12.4. The summed E-state index contributed by atoms with van der Waals surface area (Å²) in [4.78, 5) is 26.3. The number of carboxylic acids is 1. The van der Waals surface area contributed by atoms with Crippen LogP contribution in [0.1, 0.15) is 16.0 Å². The van der Waals surface area contributed by atoms with Crippen LogP contribution >= 0.6 is 11.3 Å². The second-order valence-electron chi connectivity index (χ2n) is 5.14. The highest BCUT2D eigenvalue weighted by molar-refractivity contribution is 7.10.